The van der Waals surface area contributed by atoms with E-state index in [2.05, 4.69) is 12.2 Å². The van der Waals surface area contributed by atoms with Gasteiger partial charge >= 0.3 is 0 Å². The van der Waals surface area contributed by atoms with Crippen LogP contribution >= 0.6 is 46.6 Å². The van der Waals surface area contributed by atoms with Crippen molar-refractivity contribution in [2.45, 2.75) is 79.8 Å². The molecule has 0 amide bonds. The third-order valence-electron chi connectivity index (χ3n) is 1.79. The van der Waals surface area contributed by atoms with Crippen LogP contribution in [0.2, 0.25) is 0 Å². The standard InChI is InChI=1S/C8H19O3PS2.C6H15O2PS2.C2H5ClO/c1-7(2)10-12(13,11-8(3)4)14-6-5-9;1-5(2)7-9(10,11)8-6(3)4;3-1-2-4/h7-9H,5-6H2,1-4H3;5-6H,1-4H3,(H,10,11);4H,1-2H2. The summed E-state index contributed by atoms with van der Waals surface area (Å²) in [6.07, 6.45) is 0.283. The minimum Gasteiger partial charge on any atom is -0.396 e. The Morgan fingerprint density at radius 1 is 0.793 bits per heavy atom. The smallest absolute Gasteiger partial charge is 0.247 e. The number of hydrogen-bond acceptors (Lipinski definition) is 9. The molecule has 0 aromatic rings. The largest absolute Gasteiger partial charge is 0.396 e. The van der Waals surface area contributed by atoms with Gasteiger partial charge in [-0.1, -0.05) is 23.6 Å². The molecule has 0 spiro atoms. The van der Waals surface area contributed by atoms with Crippen molar-refractivity contribution in [1.29, 1.82) is 0 Å². The van der Waals surface area contributed by atoms with Gasteiger partial charge in [-0.05, 0) is 79.0 Å². The van der Waals surface area contributed by atoms with E-state index >= 15 is 0 Å². The van der Waals surface area contributed by atoms with E-state index < -0.39 is 11.4 Å². The number of thiol groups is 1. The molecule has 0 aliphatic heterocycles. The van der Waals surface area contributed by atoms with Crippen LogP contribution < -0.4 is 0 Å². The maximum atomic E-state index is 8.74. The van der Waals surface area contributed by atoms with E-state index in [1.165, 1.54) is 11.4 Å². The van der Waals surface area contributed by atoms with Crippen LogP contribution in [0.5, 0.6) is 0 Å². The van der Waals surface area contributed by atoms with Gasteiger partial charge in [0.2, 0.25) is 11.4 Å². The normalized spacial score (nSPS) is 12.1. The highest BCUT2D eigenvalue weighted by molar-refractivity contribution is 8.67. The van der Waals surface area contributed by atoms with Crippen molar-refractivity contribution < 1.29 is 28.3 Å². The lowest BCUT2D eigenvalue weighted by molar-refractivity contribution is 0.185. The topological polar surface area (TPSA) is 77.4 Å². The van der Waals surface area contributed by atoms with Crippen LogP contribution in [-0.2, 0) is 41.7 Å². The fraction of sp³-hybridized carbons (Fsp3) is 1.00. The Morgan fingerprint density at radius 3 is 1.31 bits per heavy atom. The molecular weight excluding hydrogens is 514 g/mol. The zero-order valence-electron chi connectivity index (χ0n) is 18.6. The average molecular weight is 553 g/mol. The summed E-state index contributed by atoms with van der Waals surface area (Å²) in [6.45, 7) is 15.6. The van der Waals surface area contributed by atoms with Gasteiger partial charge in [-0.25, -0.2) is 0 Å². The molecule has 2 N–H and O–H groups in total. The Bertz CT molecular complexity index is 441. The Balaban J connectivity index is -0.000000401. The number of rotatable bonds is 12. The summed E-state index contributed by atoms with van der Waals surface area (Å²) < 4.78 is 21.8. The van der Waals surface area contributed by atoms with Gasteiger partial charge in [-0.15, -0.1) is 11.6 Å². The summed E-state index contributed by atoms with van der Waals surface area (Å²) in [7, 11) is 0. The van der Waals surface area contributed by atoms with Crippen LogP contribution in [0.3, 0.4) is 0 Å². The number of hydrogen-bond donors (Lipinski definition) is 3. The van der Waals surface area contributed by atoms with Crippen LogP contribution in [-0.4, -0.2) is 59.5 Å². The summed E-state index contributed by atoms with van der Waals surface area (Å²) >= 11 is 20.9. The number of alkyl halides is 1. The third-order valence-corrected chi connectivity index (χ3v) is 9.94. The van der Waals surface area contributed by atoms with Gasteiger partial charge in [0.15, 0.2) is 0 Å². The summed E-state index contributed by atoms with van der Waals surface area (Å²) in [5.41, 5.74) is -4.54. The Hall–Kier alpha value is 2.05. The van der Waals surface area contributed by atoms with E-state index in [9.17, 15) is 0 Å². The fourth-order valence-electron chi connectivity index (χ4n) is 1.31. The molecule has 13 heteroatoms. The predicted octanol–water partition coefficient (Wildman–Crippen LogP) is 5.99. The zero-order chi connectivity index (χ0) is 23.7. The molecule has 0 aromatic heterocycles. The minimum atomic E-state index is -2.28. The molecular formula is C16H39ClO6P2S4. The first-order valence-electron chi connectivity index (χ1n) is 9.23. The molecule has 0 atom stereocenters. The van der Waals surface area contributed by atoms with Crippen molar-refractivity contribution >= 4 is 70.2 Å². The molecule has 0 aromatic carbocycles. The molecule has 0 aliphatic rings. The van der Waals surface area contributed by atoms with Crippen molar-refractivity contribution in [1.82, 2.24) is 0 Å². The van der Waals surface area contributed by atoms with Crippen LogP contribution in [0, 0.1) is 0 Å². The van der Waals surface area contributed by atoms with E-state index in [1.54, 1.807) is 0 Å². The van der Waals surface area contributed by atoms with E-state index in [4.69, 9.17) is 63.5 Å². The monoisotopic (exact) mass is 552 g/mol. The molecule has 0 fully saturated rings. The first kappa shape index (κ1) is 35.6. The second-order valence-electron chi connectivity index (χ2n) is 6.50. The molecule has 29 heavy (non-hydrogen) atoms. The average Bonchev–Trinajstić information content (AvgIpc) is 2.49. The second kappa shape index (κ2) is 20.6. The minimum absolute atomic E-state index is 0.0609. The Labute approximate surface area is 202 Å². The van der Waals surface area contributed by atoms with Crippen molar-refractivity contribution in [3.8, 4) is 0 Å². The summed E-state index contributed by atoms with van der Waals surface area (Å²) in [5, 5.41) is 16.5. The number of halogens is 1. The molecule has 0 radical (unpaired) electrons. The van der Waals surface area contributed by atoms with Gasteiger partial charge in [0.25, 0.3) is 0 Å². The highest BCUT2D eigenvalue weighted by Crippen LogP contribution is 2.62. The van der Waals surface area contributed by atoms with Crippen LogP contribution in [0.25, 0.3) is 0 Å². The fourth-order valence-corrected chi connectivity index (χ4v) is 10.1. The van der Waals surface area contributed by atoms with Gasteiger partial charge in [0.05, 0.1) is 37.6 Å². The Morgan fingerprint density at radius 2 is 1.10 bits per heavy atom. The molecule has 0 bridgehead atoms. The summed E-state index contributed by atoms with van der Waals surface area (Å²) in [6, 6.07) is 0. The number of aliphatic hydroxyl groups excluding tert-OH is 2. The SMILES string of the molecule is CC(C)OP(=S)(OC(C)C)SCCO.CC(C)OP(=S)(S)OC(C)C.OCCCl. The second-order valence-corrected chi connectivity index (χ2v) is 18.4. The van der Waals surface area contributed by atoms with Crippen molar-refractivity contribution in [3.63, 3.8) is 0 Å². The Kier molecular flexibility index (Phi) is 25.4. The molecule has 0 unspecified atom stereocenters. The third kappa shape index (κ3) is 30.1. The van der Waals surface area contributed by atoms with Gasteiger partial charge in [-0.3, -0.25) is 0 Å². The van der Waals surface area contributed by atoms with E-state index in [0.717, 1.165) is 0 Å². The zero-order valence-corrected chi connectivity index (χ0v) is 24.5. The van der Waals surface area contributed by atoms with Crippen LogP contribution in [0.15, 0.2) is 0 Å². The summed E-state index contributed by atoms with van der Waals surface area (Å²) in [5.74, 6) is 0.913. The van der Waals surface area contributed by atoms with Gasteiger partial charge in [0, 0.05) is 11.6 Å². The predicted molar refractivity (Wildman–Crippen MR) is 140 cm³/mol. The number of aliphatic hydroxyl groups is 2. The van der Waals surface area contributed by atoms with Crippen LogP contribution in [0.1, 0.15) is 55.4 Å². The van der Waals surface area contributed by atoms with E-state index in [0.29, 0.717) is 11.6 Å². The van der Waals surface area contributed by atoms with Gasteiger partial charge in [-0.2, -0.15) is 0 Å². The highest BCUT2D eigenvalue weighted by Gasteiger charge is 2.22. The lowest BCUT2D eigenvalue weighted by atomic mass is 10.5. The molecule has 6 nitrogen and oxygen atoms in total. The first-order chi connectivity index (χ1) is 13.1. The maximum absolute atomic E-state index is 8.74. The van der Waals surface area contributed by atoms with E-state index in [-0.39, 0.29) is 37.6 Å². The maximum Gasteiger partial charge on any atom is 0.247 e. The lowest BCUT2D eigenvalue weighted by Crippen LogP contribution is -2.06. The highest BCUT2D eigenvalue weighted by atomic mass is 35.5. The van der Waals surface area contributed by atoms with Crippen molar-refractivity contribution in [2.24, 2.45) is 0 Å². The molecule has 0 saturated carbocycles. The summed E-state index contributed by atoms with van der Waals surface area (Å²) in [4.78, 5) is 0. The quantitative estimate of drug-likeness (QED) is 0.154. The van der Waals surface area contributed by atoms with E-state index in [1.807, 2.05) is 55.4 Å². The molecule has 0 rings (SSSR count). The first-order valence-corrected chi connectivity index (χ1v) is 17.8. The molecule has 0 saturated heterocycles. The van der Waals surface area contributed by atoms with Crippen LogP contribution in [0.4, 0.5) is 0 Å². The van der Waals surface area contributed by atoms with Gasteiger partial charge in [0.1, 0.15) is 0 Å². The molecule has 180 valence electrons. The lowest BCUT2D eigenvalue weighted by Gasteiger charge is -2.25. The van der Waals surface area contributed by atoms with Crippen molar-refractivity contribution in [3.05, 3.63) is 0 Å². The van der Waals surface area contributed by atoms with Gasteiger partial charge < -0.3 is 28.3 Å². The molecule has 0 aliphatic carbocycles. The molecule has 0 heterocycles. The van der Waals surface area contributed by atoms with Crippen molar-refractivity contribution in [2.75, 3.05) is 24.8 Å².